The molecule has 0 amide bonds. The Hall–Kier alpha value is -1.72. The van der Waals surface area contributed by atoms with E-state index in [-0.39, 0.29) is 6.10 Å². The van der Waals surface area contributed by atoms with E-state index >= 15 is 0 Å². The molecule has 3 saturated heterocycles. The summed E-state index contributed by atoms with van der Waals surface area (Å²) in [6.45, 7) is 7.10. The van der Waals surface area contributed by atoms with Crippen LogP contribution in [0.15, 0.2) is 4.52 Å². The van der Waals surface area contributed by atoms with E-state index in [1.807, 2.05) is 6.92 Å². The first-order valence-electron chi connectivity index (χ1n) is 9.28. The van der Waals surface area contributed by atoms with Crippen molar-refractivity contribution in [2.24, 2.45) is 11.8 Å². The molecular weight excluding hydrogens is 383 g/mol. The minimum absolute atomic E-state index is 0.00595. The third kappa shape index (κ3) is 5.42. The maximum atomic E-state index is 10.6. The number of hydrogen-bond acceptors (Lipinski definition) is 7. The lowest BCUT2D eigenvalue weighted by Crippen LogP contribution is -2.32. The summed E-state index contributed by atoms with van der Waals surface area (Å²) in [5, 5.41) is 11.0. The van der Waals surface area contributed by atoms with Crippen LogP contribution in [0.25, 0.3) is 0 Å². The van der Waals surface area contributed by atoms with Crippen LogP contribution >= 0.6 is 0 Å². The second-order valence-corrected chi connectivity index (χ2v) is 7.42. The first kappa shape index (κ1) is 21.0. The lowest BCUT2D eigenvalue weighted by atomic mass is 9.99. The highest BCUT2D eigenvalue weighted by atomic mass is 19.4. The molecule has 4 heterocycles. The number of aliphatic carboxylic acids is 1. The number of aromatic nitrogens is 2. The van der Waals surface area contributed by atoms with Gasteiger partial charge in [-0.3, -0.25) is 0 Å². The molecule has 4 rings (SSSR count). The third-order valence-corrected chi connectivity index (χ3v) is 5.23. The van der Waals surface area contributed by atoms with E-state index in [1.54, 1.807) is 0 Å². The highest BCUT2D eigenvalue weighted by Crippen LogP contribution is 2.40. The molecule has 0 aliphatic carbocycles. The maximum absolute atomic E-state index is 10.6. The van der Waals surface area contributed by atoms with E-state index in [4.69, 9.17) is 23.9 Å². The van der Waals surface area contributed by atoms with Gasteiger partial charge < -0.3 is 24.0 Å². The molecule has 0 spiro atoms. The van der Waals surface area contributed by atoms with Crippen molar-refractivity contribution in [1.29, 1.82) is 0 Å². The van der Waals surface area contributed by atoms with Crippen LogP contribution in [0.1, 0.15) is 37.1 Å². The Morgan fingerprint density at radius 2 is 1.96 bits per heavy atom. The zero-order valence-electron chi connectivity index (χ0n) is 15.5. The summed E-state index contributed by atoms with van der Waals surface area (Å²) in [5.41, 5.74) is 0. The van der Waals surface area contributed by atoms with Gasteiger partial charge in [-0.1, -0.05) is 5.16 Å². The molecule has 8 nitrogen and oxygen atoms in total. The van der Waals surface area contributed by atoms with Gasteiger partial charge in [0.05, 0.1) is 6.10 Å². The van der Waals surface area contributed by atoms with Gasteiger partial charge in [-0.2, -0.15) is 18.2 Å². The lowest BCUT2D eigenvalue weighted by molar-refractivity contribution is -0.192. The van der Waals surface area contributed by atoms with Gasteiger partial charge in [0.1, 0.15) is 6.10 Å². The predicted molar refractivity (Wildman–Crippen MR) is 88.4 cm³/mol. The van der Waals surface area contributed by atoms with Crippen molar-refractivity contribution < 1.29 is 37.1 Å². The van der Waals surface area contributed by atoms with Gasteiger partial charge in [0, 0.05) is 38.8 Å². The molecule has 0 bridgehead atoms. The first-order valence-corrected chi connectivity index (χ1v) is 9.28. The van der Waals surface area contributed by atoms with E-state index in [0.29, 0.717) is 23.7 Å². The van der Waals surface area contributed by atoms with E-state index in [9.17, 15) is 13.2 Å². The van der Waals surface area contributed by atoms with E-state index < -0.39 is 12.1 Å². The second-order valence-electron chi connectivity index (χ2n) is 7.42. The number of rotatable bonds is 3. The summed E-state index contributed by atoms with van der Waals surface area (Å²) in [6.07, 6.45) is -1.32. The molecule has 158 valence electrons. The average Bonchev–Trinajstić information content (AvgIpc) is 3.30. The van der Waals surface area contributed by atoms with Gasteiger partial charge in [-0.25, -0.2) is 4.79 Å². The Morgan fingerprint density at radius 3 is 2.50 bits per heavy atom. The fourth-order valence-corrected chi connectivity index (χ4v) is 3.90. The smallest absolute Gasteiger partial charge is 0.475 e. The fraction of sp³-hybridized carbons (Fsp3) is 0.824. The number of carbonyl (C=O) groups is 1. The van der Waals surface area contributed by atoms with Crippen molar-refractivity contribution in [3.05, 3.63) is 11.7 Å². The van der Waals surface area contributed by atoms with Crippen molar-refractivity contribution in [2.45, 2.75) is 44.6 Å². The van der Waals surface area contributed by atoms with Crippen LogP contribution in [0.4, 0.5) is 13.2 Å². The number of nitrogens with zero attached hydrogens (tertiary/aromatic N) is 3. The molecule has 3 aliphatic heterocycles. The van der Waals surface area contributed by atoms with Crippen molar-refractivity contribution in [2.75, 3.05) is 32.8 Å². The van der Waals surface area contributed by atoms with E-state index in [1.165, 1.54) is 19.4 Å². The zero-order valence-corrected chi connectivity index (χ0v) is 15.5. The van der Waals surface area contributed by atoms with Gasteiger partial charge in [-0.15, -0.1) is 0 Å². The van der Waals surface area contributed by atoms with Crippen molar-refractivity contribution >= 4 is 5.97 Å². The monoisotopic (exact) mass is 407 g/mol. The van der Waals surface area contributed by atoms with Crippen LogP contribution in [-0.2, 0) is 14.3 Å². The molecule has 0 unspecified atom stereocenters. The van der Waals surface area contributed by atoms with Crippen LogP contribution in [0.3, 0.4) is 0 Å². The van der Waals surface area contributed by atoms with E-state index in [0.717, 1.165) is 38.6 Å². The molecule has 1 aromatic heterocycles. The van der Waals surface area contributed by atoms with Crippen LogP contribution in [-0.4, -0.2) is 71.2 Å². The summed E-state index contributed by atoms with van der Waals surface area (Å²) in [7, 11) is 0. The number of ether oxygens (including phenoxy) is 2. The summed E-state index contributed by atoms with van der Waals surface area (Å²) in [4.78, 5) is 15.8. The minimum Gasteiger partial charge on any atom is -0.475 e. The van der Waals surface area contributed by atoms with Crippen LogP contribution in [0, 0.1) is 18.8 Å². The highest BCUT2D eigenvalue weighted by Gasteiger charge is 2.44. The normalized spacial score (nSPS) is 28.6. The predicted octanol–water partition coefficient (Wildman–Crippen LogP) is 2.20. The molecule has 3 aliphatic rings. The molecule has 0 saturated carbocycles. The molecule has 1 N–H and O–H groups in total. The molecule has 11 heteroatoms. The summed E-state index contributed by atoms with van der Waals surface area (Å²) in [5.74, 6) is -0.00815. The Balaban J connectivity index is 0.000000279. The highest BCUT2D eigenvalue weighted by molar-refractivity contribution is 5.73. The standard InChI is InChI=1S/C15H23N3O3.C2HF3O2/c1-10-16-15(21-17-10)13-6-12-8-18(9-14(12)20-13)7-11-2-4-19-5-3-11;3-2(4,5)1(6)7/h11-14H,2-9H2,1H3;(H,6,7)/t12-,13-,14+;/m0./s1. The summed E-state index contributed by atoms with van der Waals surface area (Å²) in [6, 6.07) is 0. The summed E-state index contributed by atoms with van der Waals surface area (Å²) < 4.78 is 48.6. The van der Waals surface area contributed by atoms with Gasteiger partial charge in [0.2, 0.25) is 0 Å². The van der Waals surface area contributed by atoms with Crippen LogP contribution in [0.2, 0.25) is 0 Å². The largest absolute Gasteiger partial charge is 0.490 e. The summed E-state index contributed by atoms with van der Waals surface area (Å²) >= 11 is 0. The van der Waals surface area contributed by atoms with Gasteiger partial charge in [-0.05, 0) is 32.1 Å². The Labute approximate surface area is 160 Å². The Kier molecular flexibility index (Phi) is 6.56. The van der Waals surface area contributed by atoms with Gasteiger partial charge in [0.25, 0.3) is 5.89 Å². The number of carboxylic acids is 1. The average molecular weight is 407 g/mol. The number of alkyl halides is 3. The first-order chi connectivity index (χ1) is 13.2. The fourth-order valence-electron chi connectivity index (χ4n) is 3.90. The number of carboxylic acid groups (broad SMARTS) is 1. The molecular formula is C17H24F3N3O5. The molecule has 3 atom stereocenters. The molecule has 0 aromatic carbocycles. The topological polar surface area (TPSA) is 97.9 Å². The van der Waals surface area contributed by atoms with Gasteiger partial charge in [0.15, 0.2) is 5.82 Å². The van der Waals surface area contributed by atoms with Crippen molar-refractivity contribution in [3.8, 4) is 0 Å². The number of fused-ring (bicyclic) bond motifs is 1. The molecule has 0 radical (unpaired) electrons. The van der Waals surface area contributed by atoms with Crippen LogP contribution < -0.4 is 0 Å². The maximum Gasteiger partial charge on any atom is 0.490 e. The van der Waals surface area contributed by atoms with Crippen molar-refractivity contribution in [1.82, 2.24) is 15.0 Å². The lowest BCUT2D eigenvalue weighted by Gasteiger charge is -2.27. The minimum atomic E-state index is -5.08. The molecule has 1 aromatic rings. The third-order valence-electron chi connectivity index (χ3n) is 5.23. The SMILES string of the molecule is Cc1noc([C@@H]2C[C@H]3CN(CC4CCOCC4)C[C@H]3O2)n1.O=C(O)C(F)(F)F. The number of aryl methyl sites for hydroxylation is 1. The van der Waals surface area contributed by atoms with Crippen molar-refractivity contribution in [3.63, 3.8) is 0 Å². The number of hydrogen-bond donors (Lipinski definition) is 1. The molecule has 3 fully saturated rings. The quantitative estimate of drug-likeness (QED) is 0.815. The number of likely N-dealkylation sites (tertiary alicyclic amines) is 1. The van der Waals surface area contributed by atoms with Crippen LogP contribution in [0.5, 0.6) is 0 Å². The molecule has 28 heavy (non-hydrogen) atoms. The second kappa shape index (κ2) is 8.75. The van der Waals surface area contributed by atoms with E-state index in [2.05, 4.69) is 15.0 Å². The van der Waals surface area contributed by atoms with Gasteiger partial charge >= 0.3 is 12.1 Å². The number of halogens is 3. The Bertz CT molecular complexity index is 649. The zero-order chi connectivity index (χ0) is 20.3. The Morgan fingerprint density at radius 1 is 1.29 bits per heavy atom.